The van der Waals surface area contributed by atoms with E-state index >= 15 is 0 Å². The Labute approximate surface area is 165 Å². The number of nitrogens with one attached hydrogen (secondary N) is 3. The lowest BCUT2D eigenvalue weighted by Gasteiger charge is -2.18. The predicted molar refractivity (Wildman–Crippen MR) is 105 cm³/mol. The third-order valence-corrected chi connectivity index (χ3v) is 4.29. The Morgan fingerprint density at radius 2 is 1.86 bits per heavy atom. The van der Waals surface area contributed by atoms with Gasteiger partial charge >= 0.3 is 0 Å². The molecular weight excluding hydrogens is 374 g/mol. The summed E-state index contributed by atoms with van der Waals surface area (Å²) in [4.78, 5) is 35.7. The molecule has 1 aromatic heterocycles. The molecule has 2 aromatic carbocycles. The van der Waals surface area contributed by atoms with E-state index in [1.54, 1.807) is 42.5 Å². The van der Waals surface area contributed by atoms with Crippen LogP contribution in [0.15, 0.2) is 65.3 Å². The summed E-state index contributed by atoms with van der Waals surface area (Å²) in [5.41, 5.74) is 2.47. The SMILES string of the molecule is O=C1COc2cc(C(=O)NCc3ccc(NC(=O)c4ccco4)cc3)ccc2N1. The second-order valence-corrected chi connectivity index (χ2v) is 6.36. The molecule has 1 aliphatic rings. The number of ether oxygens (including phenoxy) is 1. The summed E-state index contributed by atoms with van der Waals surface area (Å²) in [7, 11) is 0. The largest absolute Gasteiger partial charge is 0.482 e. The molecule has 8 nitrogen and oxygen atoms in total. The first kappa shape index (κ1) is 18.3. The van der Waals surface area contributed by atoms with E-state index < -0.39 is 0 Å². The summed E-state index contributed by atoms with van der Waals surface area (Å²) in [5.74, 6) is -0.118. The second kappa shape index (κ2) is 7.89. The normalized spacial score (nSPS) is 12.3. The Hall–Kier alpha value is -4.07. The quantitative estimate of drug-likeness (QED) is 0.620. The fourth-order valence-corrected chi connectivity index (χ4v) is 2.81. The molecule has 0 radical (unpaired) electrons. The van der Waals surface area contributed by atoms with Crippen molar-refractivity contribution in [1.82, 2.24) is 5.32 Å². The number of carbonyl (C=O) groups is 3. The van der Waals surface area contributed by atoms with E-state index in [0.717, 1.165) is 5.56 Å². The van der Waals surface area contributed by atoms with Crippen molar-refractivity contribution in [3.05, 3.63) is 77.7 Å². The van der Waals surface area contributed by atoms with Gasteiger partial charge in [0.1, 0.15) is 5.75 Å². The van der Waals surface area contributed by atoms with Crippen molar-refractivity contribution >= 4 is 29.1 Å². The van der Waals surface area contributed by atoms with Crippen LogP contribution in [0.4, 0.5) is 11.4 Å². The van der Waals surface area contributed by atoms with Crippen LogP contribution in [0, 0.1) is 0 Å². The third-order valence-electron chi connectivity index (χ3n) is 4.29. The van der Waals surface area contributed by atoms with Gasteiger partial charge in [-0.15, -0.1) is 0 Å². The Morgan fingerprint density at radius 1 is 1.03 bits per heavy atom. The second-order valence-electron chi connectivity index (χ2n) is 6.36. The molecule has 29 heavy (non-hydrogen) atoms. The number of carbonyl (C=O) groups excluding carboxylic acids is 3. The fourth-order valence-electron chi connectivity index (χ4n) is 2.81. The number of rotatable bonds is 5. The highest BCUT2D eigenvalue weighted by Gasteiger charge is 2.17. The number of hydrogen-bond donors (Lipinski definition) is 3. The van der Waals surface area contributed by atoms with Crippen LogP contribution in [0.2, 0.25) is 0 Å². The Balaban J connectivity index is 1.33. The molecule has 3 N–H and O–H groups in total. The first-order valence-corrected chi connectivity index (χ1v) is 8.87. The summed E-state index contributed by atoms with van der Waals surface area (Å²) in [6, 6.07) is 15.2. The highest BCUT2D eigenvalue weighted by atomic mass is 16.5. The minimum Gasteiger partial charge on any atom is -0.482 e. The molecule has 0 spiro atoms. The summed E-state index contributed by atoms with van der Waals surface area (Å²) in [6.45, 7) is 0.251. The summed E-state index contributed by atoms with van der Waals surface area (Å²) >= 11 is 0. The van der Waals surface area contributed by atoms with Crippen LogP contribution in [0.3, 0.4) is 0 Å². The van der Waals surface area contributed by atoms with Crippen LogP contribution < -0.4 is 20.7 Å². The van der Waals surface area contributed by atoms with Crippen molar-refractivity contribution in [3.63, 3.8) is 0 Å². The number of fused-ring (bicyclic) bond motifs is 1. The van der Waals surface area contributed by atoms with E-state index in [-0.39, 0.29) is 30.1 Å². The van der Waals surface area contributed by atoms with Crippen LogP contribution in [0.25, 0.3) is 0 Å². The first-order chi connectivity index (χ1) is 14.1. The number of furan rings is 1. The molecule has 0 aliphatic carbocycles. The van der Waals surface area contributed by atoms with Gasteiger partial charge in [0.05, 0.1) is 12.0 Å². The van der Waals surface area contributed by atoms with Gasteiger partial charge in [0, 0.05) is 17.8 Å². The minimum atomic E-state index is -0.332. The van der Waals surface area contributed by atoms with Crippen LogP contribution in [0.5, 0.6) is 5.75 Å². The zero-order valence-corrected chi connectivity index (χ0v) is 15.2. The van der Waals surface area contributed by atoms with Crippen LogP contribution >= 0.6 is 0 Å². The molecule has 2 heterocycles. The summed E-state index contributed by atoms with van der Waals surface area (Å²) in [6.07, 6.45) is 1.44. The van der Waals surface area contributed by atoms with Crippen molar-refractivity contribution in [2.45, 2.75) is 6.54 Å². The average Bonchev–Trinajstić information content (AvgIpc) is 3.28. The standard InChI is InChI=1S/C21H17N3O5/c25-19-12-29-18-10-14(5-8-16(18)24-19)20(26)22-11-13-3-6-15(7-4-13)23-21(27)17-2-1-9-28-17/h1-10H,11-12H2,(H,22,26)(H,23,27)(H,24,25). The smallest absolute Gasteiger partial charge is 0.291 e. The number of hydrogen-bond acceptors (Lipinski definition) is 5. The van der Waals surface area contributed by atoms with E-state index in [4.69, 9.17) is 9.15 Å². The molecular formula is C21H17N3O5. The van der Waals surface area contributed by atoms with E-state index in [1.807, 2.05) is 12.1 Å². The molecule has 1 aliphatic heterocycles. The van der Waals surface area contributed by atoms with Crippen LogP contribution in [-0.4, -0.2) is 24.3 Å². The maximum Gasteiger partial charge on any atom is 0.291 e. The molecule has 0 fully saturated rings. The molecule has 0 bridgehead atoms. The van der Waals surface area contributed by atoms with Gasteiger partial charge in [0.2, 0.25) is 0 Å². The van der Waals surface area contributed by atoms with Crippen LogP contribution in [-0.2, 0) is 11.3 Å². The average molecular weight is 391 g/mol. The molecule has 3 aromatic rings. The Bertz CT molecular complexity index is 1060. The summed E-state index contributed by atoms with van der Waals surface area (Å²) in [5, 5.41) is 8.24. The first-order valence-electron chi connectivity index (χ1n) is 8.87. The highest BCUT2D eigenvalue weighted by molar-refractivity contribution is 6.02. The Kier molecular flexibility index (Phi) is 4.98. The topological polar surface area (TPSA) is 110 Å². The molecule has 4 rings (SSSR count). The van der Waals surface area contributed by atoms with Gasteiger partial charge in [-0.3, -0.25) is 14.4 Å². The van der Waals surface area contributed by atoms with Crippen LogP contribution in [0.1, 0.15) is 26.5 Å². The van der Waals surface area contributed by atoms with Gasteiger partial charge in [-0.1, -0.05) is 12.1 Å². The van der Waals surface area contributed by atoms with E-state index in [1.165, 1.54) is 6.26 Å². The van der Waals surface area contributed by atoms with Crippen molar-refractivity contribution in [1.29, 1.82) is 0 Å². The zero-order chi connectivity index (χ0) is 20.2. The molecule has 0 atom stereocenters. The molecule has 0 saturated carbocycles. The monoisotopic (exact) mass is 391 g/mol. The van der Waals surface area contributed by atoms with Gasteiger partial charge in [-0.25, -0.2) is 0 Å². The number of amides is 3. The molecule has 0 saturated heterocycles. The maximum absolute atomic E-state index is 12.4. The third kappa shape index (κ3) is 4.27. The lowest BCUT2D eigenvalue weighted by Crippen LogP contribution is -2.26. The van der Waals surface area contributed by atoms with Crippen molar-refractivity contribution in [2.24, 2.45) is 0 Å². The van der Waals surface area contributed by atoms with Crippen molar-refractivity contribution in [3.8, 4) is 5.75 Å². The van der Waals surface area contributed by atoms with Gasteiger partial charge in [0.25, 0.3) is 17.7 Å². The Morgan fingerprint density at radius 3 is 2.62 bits per heavy atom. The summed E-state index contributed by atoms with van der Waals surface area (Å²) < 4.78 is 10.4. The van der Waals surface area contributed by atoms with Gasteiger partial charge in [-0.2, -0.15) is 0 Å². The molecule has 0 unspecified atom stereocenters. The van der Waals surface area contributed by atoms with E-state index in [2.05, 4.69) is 16.0 Å². The maximum atomic E-state index is 12.4. The number of benzene rings is 2. The van der Waals surface area contributed by atoms with Gasteiger partial charge in [0.15, 0.2) is 12.4 Å². The van der Waals surface area contributed by atoms with Crippen molar-refractivity contribution in [2.75, 3.05) is 17.2 Å². The highest BCUT2D eigenvalue weighted by Crippen LogP contribution is 2.28. The molecule has 8 heteroatoms. The lowest BCUT2D eigenvalue weighted by atomic mass is 10.1. The van der Waals surface area contributed by atoms with E-state index in [9.17, 15) is 14.4 Å². The molecule has 146 valence electrons. The lowest BCUT2D eigenvalue weighted by molar-refractivity contribution is -0.118. The molecule has 3 amide bonds. The fraction of sp³-hybridized carbons (Fsp3) is 0.0952. The van der Waals surface area contributed by atoms with E-state index in [0.29, 0.717) is 29.2 Å². The van der Waals surface area contributed by atoms with Gasteiger partial charge in [-0.05, 0) is 48.0 Å². The van der Waals surface area contributed by atoms with Gasteiger partial charge < -0.3 is 25.1 Å². The van der Waals surface area contributed by atoms with Crippen molar-refractivity contribution < 1.29 is 23.5 Å². The number of anilines is 2. The predicted octanol–water partition coefficient (Wildman–Crippen LogP) is 2.79. The zero-order valence-electron chi connectivity index (χ0n) is 15.2. The minimum absolute atomic E-state index is 0.0686.